The number of H-pyrrole nitrogens is 2. The molecule has 7 rings (SSSR count). The Hall–Kier alpha value is -4.50. The van der Waals surface area contributed by atoms with Gasteiger partial charge in [0.05, 0.1) is 11.0 Å². The molecule has 7 nitrogen and oxygen atoms in total. The van der Waals surface area contributed by atoms with Crippen molar-refractivity contribution >= 4 is 22.1 Å². The van der Waals surface area contributed by atoms with Gasteiger partial charge in [-0.2, -0.15) is 5.10 Å². The highest BCUT2D eigenvalue weighted by molar-refractivity contribution is 5.97. The maximum absolute atomic E-state index is 15.3. The number of imidazole rings is 1. The monoisotopic (exact) mass is 521 g/mol. The summed E-state index contributed by atoms with van der Waals surface area (Å²) in [6.07, 6.45) is 8.84. The number of aromatic nitrogens is 6. The Balaban J connectivity index is 1.29. The molecule has 0 atom stereocenters. The van der Waals surface area contributed by atoms with E-state index in [2.05, 4.69) is 35.0 Å². The predicted molar refractivity (Wildman–Crippen MR) is 147 cm³/mol. The minimum atomic E-state index is -0.359. The number of aromatic amines is 2. The van der Waals surface area contributed by atoms with Crippen LogP contribution in [-0.4, -0.2) is 48.1 Å². The van der Waals surface area contributed by atoms with Crippen LogP contribution in [0.5, 0.6) is 0 Å². The molecule has 1 aliphatic heterocycles. The Labute approximate surface area is 223 Å². The van der Waals surface area contributed by atoms with E-state index < -0.39 is 0 Å². The van der Waals surface area contributed by atoms with E-state index in [0.717, 1.165) is 25.2 Å². The smallest absolute Gasteiger partial charge is 0.178 e. The van der Waals surface area contributed by atoms with Crippen molar-refractivity contribution in [1.29, 1.82) is 0 Å². The molecule has 1 fully saturated rings. The van der Waals surface area contributed by atoms with Gasteiger partial charge in [0, 0.05) is 58.8 Å². The number of fused-ring (bicyclic) bond motifs is 2. The molecule has 5 heterocycles. The highest BCUT2D eigenvalue weighted by Gasteiger charge is 2.19. The standard InChI is InChI=1S/C30H25F2N7/c31-24-7-3-2-6-20(24)21-8-9-34-29-27(21)35-30(36-29)28-23-13-22(25(32)14-26(23)37-38-28)19-12-18(15-33-16-19)17-39-10-4-1-5-11-39/h2-3,6-9,12-16H,1,4-5,10-11,17H2,(H,37,38)(H,34,35,36). The lowest BCUT2D eigenvalue weighted by Gasteiger charge is -2.26. The normalized spacial score (nSPS) is 14.4. The lowest BCUT2D eigenvalue weighted by molar-refractivity contribution is 0.220. The number of piperidine rings is 1. The van der Waals surface area contributed by atoms with Crippen molar-refractivity contribution in [2.75, 3.05) is 13.1 Å². The maximum Gasteiger partial charge on any atom is 0.178 e. The van der Waals surface area contributed by atoms with Gasteiger partial charge in [0.2, 0.25) is 0 Å². The van der Waals surface area contributed by atoms with Crippen molar-refractivity contribution in [3.05, 3.63) is 84.3 Å². The van der Waals surface area contributed by atoms with Crippen molar-refractivity contribution in [3.8, 4) is 33.8 Å². The quantitative estimate of drug-likeness (QED) is 0.271. The molecule has 9 heteroatoms. The van der Waals surface area contributed by atoms with E-state index in [9.17, 15) is 4.39 Å². The van der Waals surface area contributed by atoms with Gasteiger partial charge in [0.1, 0.15) is 17.3 Å². The van der Waals surface area contributed by atoms with Gasteiger partial charge >= 0.3 is 0 Å². The van der Waals surface area contributed by atoms with Crippen LogP contribution in [0.4, 0.5) is 8.78 Å². The summed E-state index contributed by atoms with van der Waals surface area (Å²) < 4.78 is 29.9. The van der Waals surface area contributed by atoms with Gasteiger partial charge in [-0.15, -0.1) is 0 Å². The summed E-state index contributed by atoms with van der Waals surface area (Å²) in [5.74, 6) is -0.229. The molecule has 194 valence electrons. The van der Waals surface area contributed by atoms with Crippen molar-refractivity contribution in [2.24, 2.45) is 0 Å². The second-order valence-corrected chi connectivity index (χ2v) is 9.99. The first-order chi connectivity index (χ1) is 19.1. The second kappa shape index (κ2) is 9.67. The molecular weight excluding hydrogens is 496 g/mol. The summed E-state index contributed by atoms with van der Waals surface area (Å²) in [6, 6.07) is 13.6. The molecule has 0 radical (unpaired) electrons. The summed E-state index contributed by atoms with van der Waals surface area (Å²) in [5, 5.41) is 8.07. The number of halogens is 2. The third-order valence-corrected chi connectivity index (χ3v) is 7.39. The van der Waals surface area contributed by atoms with Gasteiger partial charge in [-0.05, 0) is 55.8 Å². The molecule has 2 N–H and O–H groups in total. The number of pyridine rings is 2. The highest BCUT2D eigenvalue weighted by Crippen LogP contribution is 2.34. The number of rotatable bonds is 5. The lowest BCUT2D eigenvalue weighted by Crippen LogP contribution is -2.29. The Kier molecular flexibility index (Phi) is 5.85. The Morgan fingerprint density at radius 2 is 1.74 bits per heavy atom. The summed E-state index contributed by atoms with van der Waals surface area (Å²) in [7, 11) is 0. The summed E-state index contributed by atoms with van der Waals surface area (Å²) >= 11 is 0. The average molecular weight is 522 g/mol. The minimum Gasteiger partial charge on any atom is -0.335 e. The summed E-state index contributed by atoms with van der Waals surface area (Å²) in [4.78, 5) is 19.1. The predicted octanol–water partition coefficient (Wildman–Crippen LogP) is 6.49. The van der Waals surface area contributed by atoms with Crippen LogP contribution >= 0.6 is 0 Å². The topological polar surface area (TPSA) is 86.4 Å². The number of likely N-dealkylation sites (tertiary alicyclic amines) is 1. The van der Waals surface area contributed by atoms with Crippen molar-refractivity contribution < 1.29 is 8.78 Å². The Morgan fingerprint density at radius 1 is 0.872 bits per heavy atom. The molecule has 6 aromatic rings. The molecule has 0 bridgehead atoms. The third-order valence-electron chi connectivity index (χ3n) is 7.39. The van der Waals surface area contributed by atoms with Crippen molar-refractivity contribution in [2.45, 2.75) is 25.8 Å². The molecule has 0 aliphatic carbocycles. The summed E-state index contributed by atoms with van der Waals surface area (Å²) in [6.45, 7) is 2.96. The zero-order chi connectivity index (χ0) is 26.3. The van der Waals surface area contributed by atoms with Crippen LogP contribution in [0, 0.1) is 11.6 Å². The molecule has 2 aromatic carbocycles. The number of hydrogen-bond donors (Lipinski definition) is 2. The van der Waals surface area contributed by atoms with E-state index in [-0.39, 0.29) is 11.6 Å². The van der Waals surface area contributed by atoms with Crippen LogP contribution in [-0.2, 0) is 6.54 Å². The molecule has 4 aromatic heterocycles. The molecule has 0 amide bonds. The third kappa shape index (κ3) is 4.34. The van der Waals surface area contributed by atoms with E-state index in [0.29, 0.717) is 55.8 Å². The largest absolute Gasteiger partial charge is 0.335 e. The Bertz CT molecular complexity index is 1820. The van der Waals surface area contributed by atoms with E-state index in [1.807, 2.05) is 12.3 Å². The lowest BCUT2D eigenvalue weighted by atomic mass is 10.0. The molecular formula is C30H25F2N7. The van der Waals surface area contributed by atoms with Gasteiger partial charge in [-0.3, -0.25) is 15.0 Å². The Morgan fingerprint density at radius 3 is 2.62 bits per heavy atom. The zero-order valence-electron chi connectivity index (χ0n) is 21.1. The molecule has 0 unspecified atom stereocenters. The van der Waals surface area contributed by atoms with Gasteiger partial charge in [-0.1, -0.05) is 24.6 Å². The number of nitrogens with one attached hydrogen (secondary N) is 2. The molecule has 1 saturated heterocycles. The van der Waals surface area contributed by atoms with Crippen LogP contribution in [0.25, 0.3) is 55.8 Å². The molecule has 0 saturated carbocycles. The van der Waals surface area contributed by atoms with Crippen LogP contribution in [0.15, 0.2) is 67.1 Å². The number of benzene rings is 2. The average Bonchev–Trinajstić information content (AvgIpc) is 3.57. The SMILES string of the molecule is Fc1cc2[nH]nc(-c3nc4nccc(-c5ccccc5F)c4[nH]3)c2cc1-c1cncc(CN2CCCCC2)c1. The minimum absolute atomic E-state index is 0.331. The van der Waals surface area contributed by atoms with E-state index in [4.69, 9.17) is 0 Å². The van der Waals surface area contributed by atoms with Crippen LogP contribution in [0.2, 0.25) is 0 Å². The molecule has 0 spiro atoms. The van der Waals surface area contributed by atoms with Gasteiger partial charge in [0.25, 0.3) is 0 Å². The molecule has 39 heavy (non-hydrogen) atoms. The first kappa shape index (κ1) is 23.6. The number of hydrogen-bond acceptors (Lipinski definition) is 5. The van der Waals surface area contributed by atoms with E-state index in [1.165, 1.54) is 31.4 Å². The first-order valence-corrected chi connectivity index (χ1v) is 13.1. The number of nitrogens with zero attached hydrogens (tertiary/aromatic N) is 5. The van der Waals surface area contributed by atoms with Crippen LogP contribution in [0.3, 0.4) is 0 Å². The van der Waals surface area contributed by atoms with Gasteiger partial charge in [-0.25, -0.2) is 18.7 Å². The maximum atomic E-state index is 15.3. The van der Waals surface area contributed by atoms with E-state index in [1.54, 1.807) is 42.7 Å². The van der Waals surface area contributed by atoms with E-state index >= 15 is 4.39 Å². The van der Waals surface area contributed by atoms with Crippen molar-refractivity contribution in [1.82, 2.24) is 35.0 Å². The van der Waals surface area contributed by atoms with Gasteiger partial charge in [0.15, 0.2) is 11.5 Å². The fourth-order valence-electron chi connectivity index (χ4n) is 5.46. The van der Waals surface area contributed by atoms with Crippen LogP contribution in [0.1, 0.15) is 24.8 Å². The van der Waals surface area contributed by atoms with Crippen LogP contribution < -0.4 is 0 Å². The zero-order valence-corrected chi connectivity index (χ0v) is 21.1. The first-order valence-electron chi connectivity index (χ1n) is 13.1. The van der Waals surface area contributed by atoms with Crippen molar-refractivity contribution in [3.63, 3.8) is 0 Å². The van der Waals surface area contributed by atoms with Gasteiger partial charge < -0.3 is 4.98 Å². The second-order valence-electron chi connectivity index (χ2n) is 9.99. The summed E-state index contributed by atoms with van der Waals surface area (Å²) in [5.41, 5.74) is 5.44. The fraction of sp³-hybridized carbons (Fsp3) is 0.200. The fourth-order valence-corrected chi connectivity index (χ4v) is 5.46. The highest BCUT2D eigenvalue weighted by atomic mass is 19.1. The molecule has 1 aliphatic rings.